The summed E-state index contributed by atoms with van der Waals surface area (Å²) >= 11 is 4.73. The van der Waals surface area contributed by atoms with Crippen molar-refractivity contribution in [2.24, 2.45) is 4.99 Å². The standard InChI is InChI=1S/C19H23BrN2O8S2/c1-3-29-14-5-11(20)12(6-15(14)30-4-2)22-13-9-32(26,27)10-16(13)31-19(22)21-17(23)7-28-8-18(24)25/h5-6,13,16H,3-4,7-10H2,1-2H3,(H,24,25). The summed E-state index contributed by atoms with van der Waals surface area (Å²) in [5.74, 6) is -0.926. The number of rotatable bonds is 9. The lowest BCUT2D eigenvalue weighted by molar-refractivity contribution is -0.143. The number of amides is 1. The number of aliphatic carboxylic acids is 1. The predicted octanol–water partition coefficient (Wildman–Crippen LogP) is 1.95. The fourth-order valence-corrected chi connectivity index (χ4v) is 7.89. The van der Waals surface area contributed by atoms with Crippen molar-refractivity contribution < 1.29 is 37.3 Å². The van der Waals surface area contributed by atoms with Gasteiger partial charge in [0.05, 0.1) is 36.4 Å². The smallest absolute Gasteiger partial charge is 0.329 e. The SMILES string of the molecule is CCOc1cc(Br)c(N2C(=NC(=O)COCC(=O)O)SC3CS(=O)(=O)CC32)cc1OCC. The van der Waals surface area contributed by atoms with Crippen LogP contribution >= 0.6 is 27.7 Å². The number of carbonyl (C=O) groups excluding carboxylic acids is 1. The number of sulfone groups is 1. The number of halogens is 1. The lowest BCUT2D eigenvalue weighted by atomic mass is 10.2. The van der Waals surface area contributed by atoms with E-state index in [1.54, 1.807) is 17.0 Å². The first-order valence-electron chi connectivity index (χ1n) is 9.81. The maximum atomic E-state index is 12.3. The van der Waals surface area contributed by atoms with E-state index in [0.717, 1.165) is 0 Å². The molecule has 176 valence electrons. The van der Waals surface area contributed by atoms with Crippen molar-refractivity contribution in [1.29, 1.82) is 0 Å². The minimum absolute atomic E-state index is 0.0193. The van der Waals surface area contributed by atoms with E-state index >= 15 is 0 Å². The maximum Gasteiger partial charge on any atom is 0.329 e. The van der Waals surface area contributed by atoms with Gasteiger partial charge in [0, 0.05) is 21.9 Å². The molecule has 32 heavy (non-hydrogen) atoms. The molecule has 2 heterocycles. The Labute approximate surface area is 198 Å². The van der Waals surface area contributed by atoms with Crippen LogP contribution in [-0.2, 0) is 24.2 Å². The van der Waals surface area contributed by atoms with Gasteiger partial charge in [-0.05, 0) is 29.8 Å². The Morgan fingerprint density at radius 3 is 2.47 bits per heavy atom. The van der Waals surface area contributed by atoms with Gasteiger partial charge in [-0.3, -0.25) is 4.79 Å². The molecule has 1 aromatic rings. The molecule has 13 heteroatoms. The first kappa shape index (κ1) is 24.8. The van der Waals surface area contributed by atoms with Gasteiger partial charge in [0.25, 0.3) is 5.91 Å². The summed E-state index contributed by atoms with van der Waals surface area (Å²) in [4.78, 5) is 28.7. The first-order valence-corrected chi connectivity index (χ1v) is 13.3. The molecule has 0 saturated carbocycles. The highest BCUT2D eigenvalue weighted by Crippen LogP contribution is 2.46. The monoisotopic (exact) mass is 550 g/mol. The van der Waals surface area contributed by atoms with E-state index in [-0.39, 0.29) is 16.8 Å². The Bertz CT molecular complexity index is 1030. The number of carbonyl (C=O) groups is 2. The van der Waals surface area contributed by atoms with Crippen molar-refractivity contribution in [3.63, 3.8) is 0 Å². The molecule has 2 saturated heterocycles. The molecule has 2 aliphatic rings. The number of amidine groups is 1. The second-order valence-electron chi connectivity index (χ2n) is 6.96. The molecule has 2 unspecified atom stereocenters. The number of aliphatic imine (C=N–C) groups is 1. The van der Waals surface area contributed by atoms with E-state index in [1.807, 2.05) is 13.8 Å². The van der Waals surface area contributed by atoms with Crippen LogP contribution in [0.1, 0.15) is 13.8 Å². The topological polar surface area (TPSA) is 132 Å². The van der Waals surface area contributed by atoms with Crippen LogP contribution in [0.5, 0.6) is 11.5 Å². The van der Waals surface area contributed by atoms with E-state index in [0.29, 0.717) is 40.0 Å². The molecule has 0 aliphatic carbocycles. The lowest BCUT2D eigenvalue weighted by Gasteiger charge is -2.27. The highest BCUT2D eigenvalue weighted by Gasteiger charge is 2.50. The average molecular weight is 551 g/mol. The summed E-state index contributed by atoms with van der Waals surface area (Å²) in [6.07, 6.45) is 0. The zero-order valence-corrected chi connectivity index (χ0v) is 20.7. The second kappa shape index (κ2) is 10.4. The van der Waals surface area contributed by atoms with Crippen molar-refractivity contribution >= 4 is 60.3 Å². The van der Waals surface area contributed by atoms with Crippen molar-refractivity contribution in [2.45, 2.75) is 25.1 Å². The number of thioether (sulfide) groups is 1. The summed E-state index contributed by atoms with van der Waals surface area (Å²) in [6.45, 7) is 3.42. The number of benzene rings is 1. The summed E-state index contributed by atoms with van der Waals surface area (Å²) < 4.78 is 41.3. The quantitative estimate of drug-likeness (QED) is 0.486. The highest BCUT2D eigenvalue weighted by molar-refractivity contribution is 9.10. The van der Waals surface area contributed by atoms with Crippen LogP contribution in [0.25, 0.3) is 0 Å². The van der Waals surface area contributed by atoms with Gasteiger partial charge in [-0.2, -0.15) is 4.99 Å². The molecule has 10 nitrogen and oxygen atoms in total. The van der Waals surface area contributed by atoms with E-state index < -0.39 is 41.0 Å². The molecule has 0 aromatic heterocycles. The lowest BCUT2D eigenvalue weighted by Crippen LogP contribution is -2.38. The molecule has 1 amide bonds. The van der Waals surface area contributed by atoms with Gasteiger partial charge < -0.3 is 24.2 Å². The number of anilines is 1. The fourth-order valence-electron chi connectivity index (χ4n) is 3.46. The van der Waals surface area contributed by atoms with E-state index in [2.05, 4.69) is 20.9 Å². The molecule has 2 fully saturated rings. The molecule has 2 atom stereocenters. The molecule has 1 aromatic carbocycles. The minimum Gasteiger partial charge on any atom is -0.490 e. The molecule has 1 N–H and O–H groups in total. The molecule has 0 bridgehead atoms. The number of hydrogen-bond donors (Lipinski definition) is 1. The van der Waals surface area contributed by atoms with Crippen molar-refractivity contribution in [3.8, 4) is 11.5 Å². The Morgan fingerprint density at radius 2 is 1.84 bits per heavy atom. The minimum atomic E-state index is -3.24. The number of carboxylic acids is 1. The fraction of sp³-hybridized carbons (Fsp3) is 0.526. The third kappa shape index (κ3) is 5.74. The van der Waals surface area contributed by atoms with Crippen LogP contribution in [0.2, 0.25) is 0 Å². The summed E-state index contributed by atoms with van der Waals surface area (Å²) in [6, 6.07) is 3.05. The van der Waals surface area contributed by atoms with Gasteiger partial charge in [0.15, 0.2) is 26.5 Å². The Balaban J connectivity index is 1.98. The van der Waals surface area contributed by atoms with Gasteiger partial charge in [-0.25, -0.2) is 13.2 Å². The van der Waals surface area contributed by atoms with Crippen LogP contribution in [0.3, 0.4) is 0 Å². The molecule has 3 rings (SSSR count). The summed E-state index contributed by atoms with van der Waals surface area (Å²) in [5, 5.41) is 8.69. The van der Waals surface area contributed by atoms with Crippen molar-refractivity contribution in [3.05, 3.63) is 16.6 Å². The summed E-state index contributed by atoms with van der Waals surface area (Å²) in [7, 11) is -3.24. The van der Waals surface area contributed by atoms with Gasteiger partial charge in [-0.1, -0.05) is 11.8 Å². The number of carboxylic acid groups (broad SMARTS) is 1. The first-order chi connectivity index (χ1) is 15.1. The zero-order chi connectivity index (χ0) is 23.5. The number of ether oxygens (including phenoxy) is 3. The number of fused-ring (bicyclic) bond motifs is 1. The molecular formula is C19H23BrN2O8S2. The van der Waals surface area contributed by atoms with Crippen molar-refractivity contribution in [1.82, 2.24) is 0 Å². The van der Waals surface area contributed by atoms with Crippen LogP contribution in [0.15, 0.2) is 21.6 Å². The molecular weight excluding hydrogens is 528 g/mol. The van der Waals surface area contributed by atoms with Gasteiger partial charge in [0.2, 0.25) is 0 Å². The molecule has 0 spiro atoms. The largest absolute Gasteiger partial charge is 0.490 e. The third-order valence-electron chi connectivity index (χ3n) is 4.61. The molecule has 0 radical (unpaired) electrons. The normalized spacial score (nSPS) is 22.7. The third-order valence-corrected chi connectivity index (χ3v) is 8.46. The van der Waals surface area contributed by atoms with Crippen LogP contribution in [-0.4, -0.2) is 79.8 Å². The zero-order valence-electron chi connectivity index (χ0n) is 17.4. The van der Waals surface area contributed by atoms with E-state index in [1.165, 1.54) is 11.8 Å². The van der Waals surface area contributed by atoms with Crippen LogP contribution in [0, 0.1) is 0 Å². The Morgan fingerprint density at radius 1 is 1.19 bits per heavy atom. The summed E-state index contributed by atoms with van der Waals surface area (Å²) in [5.41, 5.74) is 0.590. The average Bonchev–Trinajstić information content (AvgIpc) is 3.15. The second-order valence-corrected chi connectivity index (χ2v) is 11.2. The van der Waals surface area contributed by atoms with Crippen molar-refractivity contribution in [2.75, 3.05) is 42.8 Å². The Hall–Kier alpha value is -1.83. The number of nitrogens with zero attached hydrogens (tertiary/aromatic N) is 2. The predicted molar refractivity (Wildman–Crippen MR) is 124 cm³/mol. The van der Waals surface area contributed by atoms with Gasteiger partial charge in [0.1, 0.15) is 13.2 Å². The van der Waals surface area contributed by atoms with Gasteiger partial charge in [-0.15, -0.1) is 0 Å². The van der Waals surface area contributed by atoms with Crippen LogP contribution in [0.4, 0.5) is 5.69 Å². The van der Waals surface area contributed by atoms with E-state index in [4.69, 9.17) is 19.3 Å². The van der Waals surface area contributed by atoms with Gasteiger partial charge >= 0.3 is 5.97 Å². The highest BCUT2D eigenvalue weighted by atomic mass is 79.9. The Kier molecular flexibility index (Phi) is 8.06. The maximum absolute atomic E-state index is 12.3. The molecule has 2 aliphatic heterocycles. The number of hydrogen-bond acceptors (Lipinski definition) is 8. The van der Waals surface area contributed by atoms with Crippen LogP contribution < -0.4 is 14.4 Å². The van der Waals surface area contributed by atoms with E-state index in [9.17, 15) is 18.0 Å².